The van der Waals surface area contributed by atoms with Crippen molar-refractivity contribution in [1.29, 1.82) is 0 Å². The molecular formula is C21H21ClFN5O4S. The monoisotopic (exact) mass is 493 g/mol. The number of hydrogen-bond acceptors (Lipinski definition) is 7. The summed E-state index contributed by atoms with van der Waals surface area (Å²) in [6, 6.07) is 7.71. The Hall–Kier alpha value is -2.73. The molecule has 0 bridgehead atoms. The van der Waals surface area contributed by atoms with Gasteiger partial charge in [-0.1, -0.05) is 24.9 Å². The lowest BCUT2D eigenvalue weighted by atomic mass is 10.1. The third kappa shape index (κ3) is 3.95. The lowest BCUT2D eigenvalue weighted by molar-refractivity contribution is 0.141. The van der Waals surface area contributed by atoms with Gasteiger partial charge in [0, 0.05) is 24.8 Å². The van der Waals surface area contributed by atoms with Crippen LogP contribution in [0.25, 0.3) is 16.6 Å². The van der Waals surface area contributed by atoms with Gasteiger partial charge >= 0.3 is 0 Å². The summed E-state index contributed by atoms with van der Waals surface area (Å²) in [5, 5.41) is 14.3. The van der Waals surface area contributed by atoms with Gasteiger partial charge in [0.1, 0.15) is 17.2 Å². The fraction of sp³-hybridized carbons (Fsp3) is 0.333. The normalized spacial score (nSPS) is 15.3. The van der Waals surface area contributed by atoms with Gasteiger partial charge in [0.05, 0.1) is 11.1 Å². The second-order valence-corrected chi connectivity index (χ2v) is 9.89. The highest BCUT2D eigenvalue weighted by molar-refractivity contribution is 7.89. The van der Waals surface area contributed by atoms with Gasteiger partial charge in [0.25, 0.3) is 10.0 Å². The first-order valence-corrected chi connectivity index (χ1v) is 12.4. The molecule has 1 aromatic carbocycles. The maximum Gasteiger partial charge on any atom is 0.263 e. The zero-order valence-corrected chi connectivity index (χ0v) is 19.2. The largest absolute Gasteiger partial charge is 0.457 e. The Morgan fingerprint density at radius 1 is 1.30 bits per heavy atom. The van der Waals surface area contributed by atoms with Gasteiger partial charge in [-0.3, -0.25) is 0 Å². The first kappa shape index (κ1) is 22.1. The van der Waals surface area contributed by atoms with Crippen molar-refractivity contribution in [3.8, 4) is 0 Å². The Morgan fingerprint density at radius 2 is 2.09 bits per heavy atom. The summed E-state index contributed by atoms with van der Waals surface area (Å²) in [7, 11) is -4.37. The zero-order chi connectivity index (χ0) is 23.3. The standard InChI is InChI=1S/C21H21ClFN5O4S/c1-2-4-12-5-6-18-24-19(22)21(28(18)25-12)33(30,31)26-20(29)17-11-14-15(23)9-13(10-16(14)32-17)27-7-3-8-27/h5-6,9-11,20,26,29H,2-4,7-8H2,1H3. The number of aryl methyl sites for hydroxylation is 1. The predicted molar refractivity (Wildman–Crippen MR) is 120 cm³/mol. The van der Waals surface area contributed by atoms with Crippen LogP contribution in [0.5, 0.6) is 0 Å². The number of aromatic nitrogens is 3. The van der Waals surface area contributed by atoms with Crippen LogP contribution in [0.3, 0.4) is 0 Å². The molecule has 1 aliphatic heterocycles. The molecule has 33 heavy (non-hydrogen) atoms. The van der Waals surface area contributed by atoms with Gasteiger partial charge in [-0.05, 0) is 37.1 Å². The fourth-order valence-corrected chi connectivity index (χ4v) is 5.42. The van der Waals surface area contributed by atoms with Gasteiger partial charge in [0.2, 0.25) is 5.03 Å². The lowest BCUT2D eigenvalue weighted by Gasteiger charge is -2.33. The minimum absolute atomic E-state index is 0.145. The number of aliphatic hydroxyl groups excluding tert-OH is 1. The molecule has 4 heterocycles. The van der Waals surface area contributed by atoms with E-state index >= 15 is 0 Å². The molecule has 1 unspecified atom stereocenters. The van der Waals surface area contributed by atoms with Gasteiger partial charge in [-0.2, -0.15) is 14.3 Å². The molecule has 1 aliphatic rings. The number of aliphatic hydroxyl groups is 1. The molecule has 174 valence electrons. The number of benzene rings is 1. The molecule has 0 saturated carbocycles. The van der Waals surface area contributed by atoms with E-state index in [-0.39, 0.29) is 27.5 Å². The highest BCUT2D eigenvalue weighted by Crippen LogP contribution is 2.32. The highest BCUT2D eigenvalue weighted by atomic mass is 35.5. The zero-order valence-electron chi connectivity index (χ0n) is 17.6. The Labute approximate surface area is 193 Å². The van der Waals surface area contributed by atoms with Gasteiger partial charge < -0.3 is 14.4 Å². The third-order valence-electron chi connectivity index (χ3n) is 5.56. The van der Waals surface area contributed by atoms with Crippen molar-refractivity contribution in [3.05, 3.63) is 52.8 Å². The van der Waals surface area contributed by atoms with Gasteiger partial charge in [0.15, 0.2) is 17.0 Å². The van der Waals surface area contributed by atoms with E-state index in [9.17, 15) is 17.9 Å². The van der Waals surface area contributed by atoms with Crippen molar-refractivity contribution < 1.29 is 22.3 Å². The van der Waals surface area contributed by atoms with Gasteiger partial charge in [-0.15, -0.1) is 0 Å². The second kappa shape index (κ2) is 8.24. The van der Waals surface area contributed by atoms with Crippen LogP contribution >= 0.6 is 11.6 Å². The molecule has 0 amide bonds. The summed E-state index contributed by atoms with van der Waals surface area (Å²) in [6.07, 6.45) is 0.715. The summed E-state index contributed by atoms with van der Waals surface area (Å²) in [6.45, 7) is 3.63. The number of nitrogens with zero attached hydrogens (tertiary/aromatic N) is 4. The summed E-state index contributed by atoms with van der Waals surface area (Å²) >= 11 is 6.11. The van der Waals surface area contributed by atoms with Crippen molar-refractivity contribution >= 4 is 43.9 Å². The number of imidazole rings is 1. The number of hydrogen-bond donors (Lipinski definition) is 2. The van der Waals surface area contributed by atoms with Gasteiger partial charge in [-0.25, -0.2) is 17.8 Å². The molecule has 4 aromatic rings. The van der Waals surface area contributed by atoms with Crippen LogP contribution in [-0.2, 0) is 16.4 Å². The van der Waals surface area contributed by atoms with E-state index < -0.39 is 27.1 Å². The average Bonchev–Trinajstić information content (AvgIpc) is 3.27. The predicted octanol–water partition coefficient (Wildman–Crippen LogP) is 3.40. The van der Waals surface area contributed by atoms with E-state index in [1.165, 1.54) is 12.1 Å². The number of anilines is 1. The Bertz CT molecular complexity index is 1460. The molecular weight excluding hydrogens is 473 g/mol. The topological polar surface area (TPSA) is 113 Å². The Morgan fingerprint density at radius 3 is 2.79 bits per heavy atom. The molecule has 3 aromatic heterocycles. The van der Waals surface area contributed by atoms with Crippen molar-refractivity contribution in [3.63, 3.8) is 0 Å². The molecule has 9 nitrogen and oxygen atoms in total. The number of sulfonamides is 1. The molecule has 0 spiro atoms. The lowest BCUT2D eigenvalue weighted by Crippen LogP contribution is -2.36. The smallest absolute Gasteiger partial charge is 0.263 e. The molecule has 1 fully saturated rings. The molecule has 1 atom stereocenters. The summed E-state index contributed by atoms with van der Waals surface area (Å²) in [5.74, 6) is -0.672. The van der Waals surface area contributed by atoms with Crippen LogP contribution in [0.4, 0.5) is 10.1 Å². The molecule has 2 N–H and O–H groups in total. The minimum atomic E-state index is -4.37. The van der Waals surface area contributed by atoms with Crippen molar-refractivity contribution in [2.24, 2.45) is 0 Å². The third-order valence-corrected chi connectivity index (χ3v) is 7.35. The van der Waals surface area contributed by atoms with Crippen molar-refractivity contribution in [1.82, 2.24) is 19.3 Å². The Kier molecular flexibility index (Phi) is 5.52. The highest BCUT2D eigenvalue weighted by Gasteiger charge is 2.30. The molecule has 12 heteroatoms. The summed E-state index contributed by atoms with van der Waals surface area (Å²) in [5.41, 5.74) is 1.80. The second-order valence-electron chi connectivity index (χ2n) is 7.91. The average molecular weight is 494 g/mol. The Balaban J connectivity index is 1.47. The number of rotatable bonds is 7. The minimum Gasteiger partial charge on any atom is -0.457 e. The van der Waals surface area contributed by atoms with Crippen LogP contribution in [-0.4, -0.2) is 41.2 Å². The molecule has 5 rings (SSSR count). The summed E-state index contributed by atoms with van der Waals surface area (Å²) < 4.78 is 49.6. The van der Waals surface area contributed by atoms with Crippen LogP contribution in [0.15, 0.2) is 39.8 Å². The van der Waals surface area contributed by atoms with Crippen LogP contribution in [0.1, 0.15) is 37.4 Å². The SMILES string of the molecule is CCCc1ccc2nc(Cl)c(S(=O)(=O)NC(O)c3cc4c(F)cc(N5CCC5)cc4o3)n2n1. The van der Waals surface area contributed by atoms with E-state index in [1.54, 1.807) is 18.2 Å². The van der Waals surface area contributed by atoms with E-state index in [1.807, 2.05) is 11.8 Å². The number of fused-ring (bicyclic) bond motifs is 2. The maximum atomic E-state index is 14.6. The van der Waals surface area contributed by atoms with E-state index in [4.69, 9.17) is 16.0 Å². The van der Waals surface area contributed by atoms with Crippen molar-refractivity contribution in [2.75, 3.05) is 18.0 Å². The van der Waals surface area contributed by atoms with E-state index in [2.05, 4.69) is 14.8 Å². The number of nitrogens with one attached hydrogen (secondary N) is 1. The van der Waals surface area contributed by atoms with E-state index in [0.29, 0.717) is 17.8 Å². The molecule has 1 saturated heterocycles. The first-order chi connectivity index (χ1) is 15.8. The quantitative estimate of drug-likeness (QED) is 0.379. The number of furan rings is 1. The number of halogens is 2. The summed E-state index contributed by atoms with van der Waals surface area (Å²) in [4.78, 5) is 6.03. The van der Waals surface area contributed by atoms with Crippen LogP contribution in [0, 0.1) is 5.82 Å². The van der Waals surface area contributed by atoms with Crippen LogP contribution < -0.4 is 9.62 Å². The molecule has 0 radical (unpaired) electrons. The van der Waals surface area contributed by atoms with Crippen LogP contribution in [0.2, 0.25) is 5.15 Å². The van der Waals surface area contributed by atoms with Crippen molar-refractivity contribution in [2.45, 2.75) is 37.4 Å². The van der Waals surface area contributed by atoms with E-state index in [0.717, 1.165) is 30.4 Å². The first-order valence-electron chi connectivity index (χ1n) is 10.5. The maximum absolute atomic E-state index is 14.6. The molecule has 0 aliphatic carbocycles. The fourth-order valence-electron chi connectivity index (χ4n) is 3.79.